The molecule has 3 aliphatic rings. The highest BCUT2D eigenvalue weighted by Crippen LogP contribution is 2.41. The number of alkyl halides is 2. The summed E-state index contributed by atoms with van der Waals surface area (Å²) in [6, 6.07) is 24.3. The molecule has 0 saturated carbocycles. The molecule has 8 rings (SSSR count). The number of amides is 2. The predicted molar refractivity (Wildman–Crippen MR) is 203 cm³/mol. The smallest absolute Gasteiger partial charge is 0.295 e. The summed E-state index contributed by atoms with van der Waals surface area (Å²) in [4.78, 5) is 46.4. The van der Waals surface area contributed by atoms with Gasteiger partial charge in [0.05, 0.1) is 24.0 Å². The van der Waals surface area contributed by atoms with Gasteiger partial charge in [-0.3, -0.25) is 14.6 Å². The number of aromatic nitrogens is 3. The number of aliphatic hydroxyl groups excluding tert-OH is 1. The van der Waals surface area contributed by atoms with Crippen molar-refractivity contribution in [2.24, 2.45) is 10.9 Å². The summed E-state index contributed by atoms with van der Waals surface area (Å²) in [5, 5.41) is 23.7. The van der Waals surface area contributed by atoms with E-state index in [1.54, 1.807) is 34.9 Å². The van der Waals surface area contributed by atoms with Crippen LogP contribution in [0.3, 0.4) is 0 Å². The minimum Gasteiger partial charge on any atom is -0.494 e. The van der Waals surface area contributed by atoms with Gasteiger partial charge in [-0.25, -0.2) is 18.8 Å². The maximum atomic E-state index is 16.1. The number of hydrogen-bond acceptors (Lipinski definition) is 9. The Morgan fingerprint density at radius 1 is 0.964 bits per heavy atom. The molecular weight excluding hydrogens is 725 g/mol. The fourth-order valence-corrected chi connectivity index (χ4v) is 8.92. The molecule has 0 radical (unpaired) electrons. The lowest BCUT2D eigenvalue weighted by molar-refractivity contribution is -0.222. The standard InChI is InChI=1S/C41H41F2N7O4S/c1-26-13-14-29(21-44-26)36-46-27(2)34(55-36)39(53)47-18-15-31(33(22-47)28-9-5-3-6-10-28)37(51)48-20-17-40(54,41(42,43)24-48)23-49-25-45-35-32(38(49)52)16-19-50(35)30-11-7-4-8-12-30/h3-14,16,19,21,31,33,52,54H,15,17-18,20,22-25H2,1-2H3/t31-,33+,40?/m1/s1. The number of thiazole rings is 1. The van der Waals surface area contributed by atoms with Crippen LogP contribution in [0.1, 0.15) is 45.4 Å². The van der Waals surface area contributed by atoms with Crippen molar-refractivity contribution in [3.8, 4) is 16.3 Å². The summed E-state index contributed by atoms with van der Waals surface area (Å²) in [5.41, 5.74) is 1.95. The lowest BCUT2D eigenvalue weighted by atomic mass is 9.78. The van der Waals surface area contributed by atoms with Crippen molar-refractivity contribution in [2.45, 2.75) is 44.1 Å². The second-order valence-corrected chi connectivity index (χ2v) is 15.6. The molecule has 5 aromatic rings. The average molecular weight is 766 g/mol. The lowest BCUT2D eigenvalue weighted by Crippen LogP contribution is -2.66. The third kappa shape index (κ3) is 6.78. The van der Waals surface area contributed by atoms with Gasteiger partial charge in [0.1, 0.15) is 27.6 Å². The van der Waals surface area contributed by atoms with E-state index in [-0.39, 0.29) is 44.5 Å². The minimum atomic E-state index is -3.69. The third-order valence-corrected chi connectivity index (χ3v) is 12.2. The first-order valence-electron chi connectivity index (χ1n) is 18.3. The number of rotatable bonds is 7. The summed E-state index contributed by atoms with van der Waals surface area (Å²) in [7, 11) is 0. The summed E-state index contributed by atoms with van der Waals surface area (Å²) in [6.45, 7) is 2.44. The quantitative estimate of drug-likeness (QED) is 0.247. The highest BCUT2D eigenvalue weighted by atomic mass is 32.1. The van der Waals surface area contributed by atoms with E-state index < -0.39 is 48.8 Å². The van der Waals surface area contributed by atoms with Crippen LogP contribution in [0.15, 0.2) is 96.2 Å². The fraction of sp³-hybridized carbons (Fsp3) is 0.341. The van der Waals surface area contributed by atoms with E-state index >= 15 is 8.78 Å². The normalized spacial score (nSPS) is 22.3. The van der Waals surface area contributed by atoms with E-state index in [1.807, 2.05) is 79.7 Å². The van der Waals surface area contributed by atoms with Crippen LogP contribution in [0.5, 0.6) is 0 Å². The Balaban J connectivity index is 0.979. The number of likely N-dealkylation sites (tertiary alicyclic amines) is 2. The van der Waals surface area contributed by atoms with Gasteiger partial charge in [0.15, 0.2) is 5.88 Å². The minimum absolute atomic E-state index is 0.0936. The second-order valence-electron chi connectivity index (χ2n) is 14.6. The fourth-order valence-electron chi connectivity index (χ4n) is 7.90. The van der Waals surface area contributed by atoms with E-state index in [1.165, 1.54) is 16.2 Å². The van der Waals surface area contributed by atoms with Crippen LogP contribution in [-0.4, -0.2) is 102 Å². The molecule has 14 heteroatoms. The van der Waals surface area contributed by atoms with Crippen LogP contribution < -0.4 is 10.7 Å². The molecule has 2 aromatic carbocycles. The number of benzene rings is 2. The molecule has 2 N–H and O–H groups in total. The molecule has 2 saturated heterocycles. The average Bonchev–Trinajstić information content (AvgIpc) is 3.81. The molecule has 3 aromatic heterocycles. The molecule has 6 heterocycles. The molecule has 0 spiro atoms. The van der Waals surface area contributed by atoms with Crippen LogP contribution in [0.25, 0.3) is 22.1 Å². The van der Waals surface area contributed by atoms with Crippen LogP contribution in [-0.2, 0) is 4.79 Å². The molecule has 3 atom stereocenters. The number of para-hydroxylation sites is 1. The van der Waals surface area contributed by atoms with Gasteiger partial charge in [0.2, 0.25) is 5.91 Å². The van der Waals surface area contributed by atoms with Crippen molar-refractivity contribution < 1.29 is 28.6 Å². The molecule has 284 valence electrons. The number of aliphatic hydroxyl groups is 2. The van der Waals surface area contributed by atoms with Crippen LogP contribution >= 0.6 is 11.3 Å². The molecule has 11 nitrogen and oxygen atoms in total. The number of nitrogens with zero attached hydrogens (tertiary/aromatic N) is 7. The largest absolute Gasteiger partial charge is 0.494 e. The maximum absolute atomic E-state index is 16.1. The van der Waals surface area contributed by atoms with Crippen molar-refractivity contribution in [3.63, 3.8) is 0 Å². The highest BCUT2D eigenvalue weighted by Gasteiger charge is 2.58. The zero-order valence-electron chi connectivity index (χ0n) is 30.5. The van der Waals surface area contributed by atoms with Gasteiger partial charge >= 0.3 is 0 Å². The number of β-amino-alcohol motifs (C(OH)–C–C–N with tert-alkyl or cyclic N) is 1. The number of pyridine rings is 1. The highest BCUT2D eigenvalue weighted by molar-refractivity contribution is 7.17. The van der Waals surface area contributed by atoms with Crippen molar-refractivity contribution in [1.29, 1.82) is 0 Å². The van der Waals surface area contributed by atoms with Crippen molar-refractivity contribution in [3.05, 3.63) is 124 Å². The number of piperidine rings is 2. The Morgan fingerprint density at radius 2 is 1.71 bits per heavy atom. The topological polar surface area (TPSA) is 127 Å². The van der Waals surface area contributed by atoms with Crippen molar-refractivity contribution >= 4 is 29.0 Å². The van der Waals surface area contributed by atoms with Gasteiger partial charge in [0, 0.05) is 67.2 Å². The zero-order chi connectivity index (χ0) is 38.5. The van der Waals surface area contributed by atoms with E-state index in [4.69, 9.17) is 0 Å². The Hall–Kier alpha value is -5.47. The zero-order valence-corrected chi connectivity index (χ0v) is 31.3. The first-order valence-corrected chi connectivity index (χ1v) is 19.1. The van der Waals surface area contributed by atoms with Crippen LogP contribution in [0.2, 0.25) is 0 Å². The summed E-state index contributed by atoms with van der Waals surface area (Å²) in [6.07, 6.45) is 3.37. The number of fused-ring (bicyclic) bond motifs is 1. The van der Waals surface area contributed by atoms with Gasteiger partial charge in [-0.05, 0) is 56.2 Å². The molecule has 2 fully saturated rings. The van der Waals surface area contributed by atoms with Gasteiger partial charge in [-0.1, -0.05) is 48.5 Å². The first kappa shape index (κ1) is 36.5. The third-order valence-electron chi connectivity index (χ3n) is 11.0. The van der Waals surface area contributed by atoms with Gasteiger partial charge < -0.3 is 29.5 Å². The lowest BCUT2D eigenvalue weighted by Gasteiger charge is -2.47. The molecule has 3 aliphatic heterocycles. The number of aryl methyl sites for hydroxylation is 2. The SMILES string of the molecule is Cc1ccc(-c2nc(C)c(C(=O)N3CC[C@@H](C(=O)N4CCC(O)(CN5CN=c6c(ccn6-c6ccccc6)=C5O)C(F)(F)C4)[C@H](c4ccccc4)C3)s2)cn1. The van der Waals surface area contributed by atoms with Gasteiger partial charge in [-0.2, -0.15) is 0 Å². The number of halogens is 2. The molecule has 0 bridgehead atoms. The molecular formula is C41H41F2N7O4S. The molecule has 2 amide bonds. The van der Waals surface area contributed by atoms with E-state index in [0.29, 0.717) is 26.3 Å². The molecule has 1 unspecified atom stereocenters. The van der Waals surface area contributed by atoms with Gasteiger partial charge in [0.25, 0.3) is 11.8 Å². The predicted octanol–water partition coefficient (Wildman–Crippen LogP) is 4.67. The Bertz CT molecular complexity index is 2350. The van der Waals surface area contributed by atoms with Crippen molar-refractivity contribution in [1.82, 2.24) is 29.2 Å². The van der Waals surface area contributed by atoms with Crippen molar-refractivity contribution in [2.75, 3.05) is 39.4 Å². The Labute approximate surface area is 320 Å². The molecule has 55 heavy (non-hydrogen) atoms. The first-order chi connectivity index (χ1) is 26.4. The summed E-state index contributed by atoms with van der Waals surface area (Å²) in [5.74, 6) is -5.64. The maximum Gasteiger partial charge on any atom is 0.295 e. The molecule has 0 aliphatic carbocycles. The van der Waals surface area contributed by atoms with E-state index in [0.717, 1.165) is 27.4 Å². The Kier molecular flexibility index (Phi) is 9.50. The van der Waals surface area contributed by atoms with Gasteiger partial charge in [-0.15, -0.1) is 11.3 Å². The van der Waals surface area contributed by atoms with Crippen LogP contribution in [0, 0.1) is 19.8 Å². The second kappa shape index (κ2) is 14.3. The van der Waals surface area contributed by atoms with Crippen LogP contribution in [0.4, 0.5) is 8.78 Å². The summed E-state index contributed by atoms with van der Waals surface area (Å²) >= 11 is 1.30. The number of carbonyl (C=O) groups is 2. The van der Waals surface area contributed by atoms with E-state index in [9.17, 15) is 19.8 Å². The monoisotopic (exact) mass is 765 g/mol. The Morgan fingerprint density at radius 3 is 2.42 bits per heavy atom. The summed E-state index contributed by atoms with van der Waals surface area (Å²) < 4.78 is 34.1. The number of hydrogen-bond donors (Lipinski definition) is 2. The van der Waals surface area contributed by atoms with E-state index in [2.05, 4.69) is 15.0 Å². The number of carbonyl (C=O) groups excluding carboxylic acids is 2.